The molecule has 1 saturated heterocycles. The number of rotatable bonds is 5. The van der Waals surface area contributed by atoms with Gasteiger partial charge in [0.15, 0.2) is 0 Å². The number of hydrogen-bond acceptors (Lipinski definition) is 5. The smallest absolute Gasteiger partial charge is 0.391 e. The first-order valence-electron chi connectivity index (χ1n) is 9.63. The molecule has 1 fully saturated rings. The Hall–Kier alpha value is -3.36. The molecule has 9 nitrogen and oxygen atoms in total. The Morgan fingerprint density at radius 1 is 1.24 bits per heavy atom. The molecule has 0 aliphatic carbocycles. The van der Waals surface area contributed by atoms with Gasteiger partial charge >= 0.3 is 6.09 Å². The molecule has 0 saturated carbocycles. The summed E-state index contributed by atoms with van der Waals surface area (Å²) in [4.78, 5) is 31.0. The third kappa shape index (κ3) is 3.67. The van der Waals surface area contributed by atoms with Crippen LogP contribution in [0.4, 0.5) is 4.79 Å². The average molecular weight is 396 g/mol. The van der Waals surface area contributed by atoms with Gasteiger partial charge < -0.3 is 19.5 Å². The molecule has 3 aromatic rings. The Morgan fingerprint density at radius 3 is 2.76 bits per heavy atom. The zero-order valence-corrected chi connectivity index (χ0v) is 16.8. The van der Waals surface area contributed by atoms with Crippen molar-refractivity contribution in [1.82, 2.24) is 29.5 Å². The maximum absolute atomic E-state index is 12.4. The third-order valence-corrected chi connectivity index (χ3v) is 5.19. The predicted octanol–water partition coefficient (Wildman–Crippen LogP) is 1.79. The fraction of sp³-hybridized carbons (Fsp3) is 0.400. The van der Waals surface area contributed by atoms with Crippen molar-refractivity contribution < 1.29 is 14.3 Å². The summed E-state index contributed by atoms with van der Waals surface area (Å²) in [7, 11) is 3.60. The van der Waals surface area contributed by atoms with Crippen LogP contribution in [0.1, 0.15) is 28.2 Å². The predicted molar refractivity (Wildman–Crippen MR) is 107 cm³/mol. The molecule has 1 aromatic carbocycles. The highest BCUT2D eigenvalue weighted by Crippen LogP contribution is 2.22. The fourth-order valence-corrected chi connectivity index (χ4v) is 3.37. The van der Waals surface area contributed by atoms with E-state index in [-0.39, 0.29) is 11.8 Å². The summed E-state index contributed by atoms with van der Waals surface area (Å²) in [6.45, 7) is 3.83. The highest BCUT2D eigenvalue weighted by molar-refractivity contribution is 5.97. The minimum atomic E-state index is -0.624. The molecule has 9 heteroatoms. The van der Waals surface area contributed by atoms with Crippen molar-refractivity contribution >= 4 is 23.0 Å². The molecule has 1 N–H and O–H groups in total. The Balaban J connectivity index is 1.37. The van der Waals surface area contributed by atoms with Gasteiger partial charge in [-0.3, -0.25) is 4.79 Å². The first kappa shape index (κ1) is 19.0. The van der Waals surface area contributed by atoms with E-state index in [4.69, 9.17) is 4.74 Å². The number of fused-ring (bicyclic) bond motifs is 1. The molecule has 4 rings (SSSR count). The summed E-state index contributed by atoms with van der Waals surface area (Å²) >= 11 is 0. The number of nitrogens with zero attached hydrogens (tertiary/aromatic N) is 5. The maximum atomic E-state index is 12.4. The second-order valence-electron chi connectivity index (χ2n) is 7.28. The summed E-state index contributed by atoms with van der Waals surface area (Å²) < 4.78 is 8.78. The van der Waals surface area contributed by atoms with Gasteiger partial charge in [-0.05, 0) is 31.0 Å². The summed E-state index contributed by atoms with van der Waals surface area (Å²) in [6, 6.07) is 6.14. The van der Waals surface area contributed by atoms with Crippen LogP contribution in [0.15, 0.2) is 24.4 Å². The van der Waals surface area contributed by atoms with E-state index in [9.17, 15) is 9.59 Å². The zero-order chi connectivity index (χ0) is 20.5. The summed E-state index contributed by atoms with van der Waals surface area (Å²) in [6.07, 6.45) is 2.36. The van der Waals surface area contributed by atoms with Gasteiger partial charge in [-0.25, -0.2) is 14.5 Å². The van der Waals surface area contributed by atoms with Crippen LogP contribution in [-0.4, -0.2) is 55.9 Å². The number of aryl methyl sites for hydroxylation is 3. The Bertz CT molecular complexity index is 1080. The molecule has 0 spiro atoms. The lowest BCUT2D eigenvalue weighted by atomic mass is 10.2. The van der Waals surface area contributed by atoms with Crippen LogP contribution in [0, 0.1) is 6.92 Å². The van der Waals surface area contributed by atoms with Gasteiger partial charge in [-0.15, -0.1) is 0 Å². The molecule has 3 heterocycles. The second kappa shape index (κ2) is 7.57. The summed E-state index contributed by atoms with van der Waals surface area (Å²) in [5, 5.41) is 6.78. The van der Waals surface area contributed by atoms with Crippen molar-refractivity contribution in [2.45, 2.75) is 19.8 Å². The SMILES string of the molecule is Cc1ccc2c(c1)nc(CCNC(=O)Oc1c(C(=O)N3CCC3)cnn1C)n2C. The van der Waals surface area contributed by atoms with Crippen molar-refractivity contribution in [2.75, 3.05) is 19.6 Å². The molecule has 2 aromatic heterocycles. The topological polar surface area (TPSA) is 94.3 Å². The highest BCUT2D eigenvalue weighted by Gasteiger charge is 2.27. The van der Waals surface area contributed by atoms with Crippen molar-refractivity contribution in [3.05, 3.63) is 41.3 Å². The molecule has 152 valence electrons. The van der Waals surface area contributed by atoms with E-state index in [0.717, 1.165) is 41.9 Å². The van der Waals surface area contributed by atoms with Crippen LogP contribution in [0.2, 0.25) is 0 Å². The van der Waals surface area contributed by atoms with Gasteiger partial charge in [-0.1, -0.05) is 6.07 Å². The molecule has 0 radical (unpaired) electrons. The Kier molecular flexibility index (Phi) is 4.96. The number of amides is 2. The molecule has 1 aliphatic rings. The first-order chi connectivity index (χ1) is 13.9. The lowest BCUT2D eigenvalue weighted by Gasteiger charge is -2.30. The number of carbonyl (C=O) groups is 2. The van der Waals surface area contributed by atoms with Crippen LogP contribution in [0.5, 0.6) is 5.88 Å². The van der Waals surface area contributed by atoms with E-state index >= 15 is 0 Å². The molecule has 0 atom stereocenters. The van der Waals surface area contributed by atoms with Crippen molar-refractivity contribution in [3.63, 3.8) is 0 Å². The molecule has 2 amide bonds. The van der Waals surface area contributed by atoms with Gasteiger partial charge in [-0.2, -0.15) is 5.10 Å². The molecular formula is C20H24N6O3. The number of ether oxygens (including phenoxy) is 1. The lowest BCUT2D eigenvalue weighted by Crippen LogP contribution is -2.42. The van der Waals surface area contributed by atoms with Crippen molar-refractivity contribution in [2.24, 2.45) is 14.1 Å². The molecule has 29 heavy (non-hydrogen) atoms. The maximum Gasteiger partial charge on any atom is 0.413 e. The molecule has 1 aliphatic heterocycles. The Morgan fingerprint density at radius 2 is 2.03 bits per heavy atom. The highest BCUT2D eigenvalue weighted by atomic mass is 16.6. The number of likely N-dealkylation sites (tertiary alicyclic amines) is 1. The summed E-state index contributed by atoms with van der Waals surface area (Å²) in [5.41, 5.74) is 3.45. The van der Waals surface area contributed by atoms with E-state index in [1.165, 1.54) is 10.9 Å². The lowest BCUT2D eigenvalue weighted by molar-refractivity contribution is 0.0648. The van der Waals surface area contributed by atoms with E-state index < -0.39 is 6.09 Å². The zero-order valence-electron chi connectivity index (χ0n) is 16.8. The number of carbonyl (C=O) groups excluding carboxylic acids is 2. The van der Waals surface area contributed by atoms with Crippen LogP contribution in [0.3, 0.4) is 0 Å². The van der Waals surface area contributed by atoms with Gasteiger partial charge in [0.2, 0.25) is 5.88 Å². The Labute approximate surface area is 168 Å². The van der Waals surface area contributed by atoms with Crippen LogP contribution < -0.4 is 10.1 Å². The van der Waals surface area contributed by atoms with Crippen LogP contribution in [0.25, 0.3) is 11.0 Å². The number of hydrogen-bond donors (Lipinski definition) is 1. The second-order valence-corrected chi connectivity index (χ2v) is 7.28. The van der Waals surface area contributed by atoms with Gasteiger partial charge in [0.1, 0.15) is 11.4 Å². The van der Waals surface area contributed by atoms with Gasteiger partial charge in [0, 0.05) is 40.2 Å². The van der Waals surface area contributed by atoms with Gasteiger partial charge in [0.05, 0.1) is 17.2 Å². The number of benzene rings is 1. The average Bonchev–Trinajstić information content (AvgIpc) is 3.14. The van der Waals surface area contributed by atoms with Crippen LogP contribution in [-0.2, 0) is 20.5 Å². The largest absolute Gasteiger partial charge is 0.413 e. The quantitative estimate of drug-likeness (QED) is 0.710. The first-order valence-corrected chi connectivity index (χ1v) is 9.63. The van der Waals surface area contributed by atoms with E-state index in [1.807, 2.05) is 30.7 Å². The third-order valence-electron chi connectivity index (χ3n) is 5.19. The minimum Gasteiger partial charge on any atom is -0.391 e. The number of aromatic nitrogens is 4. The van der Waals surface area contributed by atoms with Crippen LogP contribution >= 0.6 is 0 Å². The fourth-order valence-electron chi connectivity index (χ4n) is 3.37. The minimum absolute atomic E-state index is 0.151. The summed E-state index contributed by atoms with van der Waals surface area (Å²) in [5.74, 6) is 0.861. The van der Waals surface area contributed by atoms with Crippen molar-refractivity contribution in [3.8, 4) is 5.88 Å². The molecule has 0 unspecified atom stereocenters. The van der Waals surface area contributed by atoms with Gasteiger partial charge in [0.25, 0.3) is 5.91 Å². The van der Waals surface area contributed by atoms with Crippen molar-refractivity contribution in [1.29, 1.82) is 0 Å². The number of nitrogens with one attached hydrogen (secondary N) is 1. The van der Waals surface area contributed by atoms with E-state index in [2.05, 4.69) is 21.5 Å². The van der Waals surface area contributed by atoms with E-state index in [1.54, 1.807) is 11.9 Å². The van der Waals surface area contributed by atoms with E-state index in [0.29, 0.717) is 18.5 Å². The monoisotopic (exact) mass is 396 g/mol. The number of imidazole rings is 1. The standard InChI is InChI=1S/C20H24N6O3/c1-13-5-6-16-15(11-13)23-17(24(16)2)7-8-21-20(28)29-19-14(12-22-25(19)3)18(27)26-9-4-10-26/h5-6,11-12H,4,7-10H2,1-3H3,(H,21,28). The normalized spacial score (nSPS) is 13.4. The molecule has 0 bridgehead atoms. The molecular weight excluding hydrogens is 372 g/mol.